The molecule has 1 aromatic rings. The maximum absolute atomic E-state index is 12.4. The molecule has 22 heavy (non-hydrogen) atoms. The van der Waals surface area contributed by atoms with Crippen LogP contribution in [0.25, 0.3) is 6.08 Å². The summed E-state index contributed by atoms with van der Waals surface area (Å²) in [5, 5.41) is 0.610. The van der Waals surface area contributed by atoms with Gasteiger partial charge in [-0.1, -0.05) is 23.7 Å². The molecule has 6 heteroatoms. The number of rotatable bonds is 6. The van der Waals surface area contributed by atoms with Crippen molar-refractivity contribution in [1.29, 1.82) is 0 Å². The highest BCUT2D eigenvalue weighted by Crippen LogP contribution is 2.29. The van der Waals surface area contributed by atoms with E-state index in [9.17, 15) is 13.2 Å². The van der Waals surface area contributed by atoms with Crippen LogP contribution in [0.4, 0.5) is 0 Å². The highest BCUT2D eigenvalue weighted by atomic mass is 35.5. The SMILES string of the molecule is C[C@@H](CS(C)(=O)=O)N(C(=O)/C=C/c1cccc(Cl)c1)C1CC1. The number of carbonyl (C=O) groups excluding carboxylic acids is 1. The second-order valence-corrected chi connectivity index (χ2v) is 8.43. The van der Waals surface area contributed by atoms with Gasteiger partial charge in [0.1, 0.15) is 9.84 Å². The second-order valence-electron chi connectivity index (χ2n) is 5.81. The van der Waals surface area contributed by atoms with Gasteiger partial charge in [0.15, 0.2) is 0 Å². The van der Waals surface area contributed by atoms with Crippen molar-refractivity contribution < 1.29 is 13.2 Å². The van der Waals surface area contributed by atoms with Crippen molar-refractivity contribution in [3.63, 3.8) is 0 Å². The van der Waals surface area contributed by atoms with Crippen molar-refractivity contribution in [2.45, 2.75) is 31.8 Å². The molecule has 0 spiro atoms. The zero-order valence-corrected chi connectivity index (χ0v) is 14.3. The molecule has 0 saturated heterocycles. The van der Waals surface area contributed by atoms with Gasteiger partial charge in [-0.3, -0.25) is 4.79 Å². The summed E-state index contributed by atoms with van der Waals surface area (Å²) in [6.07, 6.45) is 6.26. The Kier molecular flexibility index (Phi) is 5.29. The summed E-state index contributed by atoms with van der Waals surface area (Å²) < 4.78 is 22.9. The van der Waals surface area contributed by atoms with Gasteiger partial charge in [0, 0.05) is 29.4 Å². The topological polar surface area (TPSA) is 54.5 Å². The number of benzene rings is 1. The summed E-state index contributed by atoms with van der Waals surface area (Å²) in [6, 6.07) is 7.05. The van der Waals surface area contributed by atoms with Gasteiger partial charge >= 0.3 is 0 Å². The third-order valence-electron chi connectivity index (χ3n) is 3.48. The first-order valence-corrected chi connectivity index (χ1v) is 9.64. The van der Waals surface area contributed by atoms with Gasteiger partial charge in [-0.2, -0.15) is 0 Å². The van der Waals surface area contributed by atoms with Gasteiger partial charge < -0.3 is 4.90 Å². The van der Waals surface area contributed by atoms with E-state index in [1.54, 1.807) is 30.0 Å². The molecule has 1 amide bonds. The Morgan fingerprint density at radius 3 is 2.68 bits per heavy atom. The number of hydrogen-bond acceptors (Lipinski definition) is 3. The third-order valence-corrected chi connectivity index (χ3v) is 4.80. The summed E-state index contributed by atoms with van der Waals surface area (Å²) in [7, 11) is -3.12. The van der Waals surface area contributed by atoms with Gasteiger partial charge in [-0.15, -0.1) is 0 Å². The monoisotopic (exact) mass is 341 g/mol. The summed E-state index contributed by atoms with van der Waals surface area (Å²) in [5.74, 6) is -0.168. The van der Waals surface area contributed by atoms with Crippen molar-refractivity contribution in [3.05, 3.63) is 40.9 Å². The minimum Gasteiger partial charge on any atom is -0.332 e. The fourth-order valence-electron chi connectivity index (χ4n) is 2.49. The van der Waals surface area contributed by atoms with Crippen LogP contribution >= 0.6 is 11.6 Å². The fraction of sp³-hybridized carbons (Fsp3) is 0.438. The molecule has 0 radical (unpaired) electrons. The first-order chi connectivity index (χ1) is 10.3. The van der Waals surface area contributed by atoms with Crippen LogP contribution in [0.5, 0.6) is 0 Å². The predicted molar refractivity (Wildman–Crippen MR) is 89.5 cm³/mol. The minimum absolute atomic E-state index is 0.0136. The van der Waals surface area contributed by atoms with Crippen LogP contribution in [0.2, 0.25) is 5.02 Å². The van der Waals surface area contributed by atoms with Crippen LogP contribution in [0.3, 0.4) is 0 Å². The van der Waals surface area contributed by atoms with Gasteiger partial charge in [-0.05, 0) is 43.5 Å². The molecule has 1 aromatic carbocycles. The maximum Gasteiger partial charge on any atom is 0.247 e. The van der Waals surface area contributed by atoms with Crippen molar-refractivity contribution in [3.8, 4) is 0 Å². The Balaban J connectivity index is 2.10. The molecular weight excluding hydrogens is 322 g/mol. The maximum atomic E-state index is 12.4. The van der Waals surface area contributed by atoms with Gasteiger partial charge in [-0.25, -0.2) is 8.42 Å². The summed E-state index contributed by atoms with van der Waals surface area (Å²) in [5.41, 5.74) is 0.840. The molecule has 1 atom stereocenters. The van der Waals surface area contributed by atoms with Crippen LogP contribution in [0, 0.1) is 0 Å². The average molecular weight is 342 g/mol. The Hall–Kier alpha value is -1.33. The molecular formula is C16H20ClNO3S. The Morgan fingerprint density at radius 1 is 1.45 bits per heavy atom. The second kappa shape index (κ2) is 6.84. The standard InChI is InChI=1S/C16H20ClNO3S/c1-12(11-22(2,20)21)18(15-7-8-15)16(19)9-6-13-4-3-5-14(17)10-13/h3-6,9-10,12,15H,7-8,11H2,1-2H3/b9-6+/t12-/m0/s1. The number of nitrogens with zero attached hydrogens (tertiary/aromatic N) is 1. The molecule has 120 valence electrons. The van der Waals surface area contributed by atoms with E-state index < -0.39 is 9.84 Å². The molecule has 0 N–H and O–H groups in total. The van der Waals surface area contributed by atoms with E-state index in [1.807, 2.05) is 12.1 Å². The van der Waals surface area contributed by atoms with E-state index in [4.69, 9.17) is 11.6 Å². The van der Waals surface area contributed by atoms with E-state index in [-0.39, 0.29) is 23.7 Å². The van der Waals surface area contributed by atoms with Gasteiger partial charge in [0.05, 0.1) is 5.75 Å². The highest BCUT2D eigenvalue weighted by molar-refractivity contribution is 7.90. The lowest BCUT2D eigenvalue weighted by Crippen LogP contribution is -2.43. The molecule has 1 saturated carbocycles. The van der Waals surface area contributed by atoms with Crippen LogP contribution in [-0.4, -0.2) is 43.3 Å². The Morgan fingerprint density at radius 2 is 2.14 bits per heavy atom. The lowest BCUT2D eigenvalue weighted by atomic mass is 10.2. The summed E-state index contributed by atoms with van der Waals surface area (Å²) >= 11 is 5.91. The van der Waals surface area contributed by atoms with Crippen LogP contribution < -0.4 is 0 Å². The first-order valence-electron chi connectivity index (χ1n) is 7.20. The number of carbonyl (C=O) groups is 1. The lowest BCUT2D eigenvalue weighted by molar-refractivity contribution is -0.128. The number of halogens is 1. The van der Waals surface area contributed by atoms with E-state index in [0.29, 0.717) is 5.02 Å². The molecule has 1 aliphatic carbocycles. The van der Waals surface area contributed by atoms with Crippen LogP contribution in [0.15, 0.2) is 30.3 Å². The van der Waals surface area contributed by atoms with Crippen molar-refractivity contribution in [2.24, 2.45) is 0 Å². The molecule has 4 nitrogen and oxygen atoms in total. The van der Waals surface area contributed by atoms with Crippen molar-refractivity contribution >= 4 is 33.4 Å². The predicted octanol–water partition coefficient (Wildman–Crippen LogP) is 2.78. The molecule has 0 unspecified atom stereocenters. The van der Waals surface area contributed by atoms with Crippen molar-refractivity contribution in [2.75, 3.05) is 12.0 Å². The van der Waals surface area contributed by atoms with E-state index in [1.165, 1.54) is 12.3 Å². The highest BCUT2D eigenvalue weighted by Gasteiger charge is 2.35. The molecule has 2 rings (SSSR count). The zero-order chi connectivity index (χ0) is 16.3. The molecule has 1 fully saturated rings. The normalized spacial score (nSPS) is 16.7. The number of amides is 1. The lowest BCUT2D eigenvalue weighted by Gasteiger charge is -2.27. The fourth-order valence-corrected chi connectivity index (χ4v) is 3.73. The number of hydrogen-bond donors (Lipinski definition) is 0. The first kappa shape index (κ1) is 17.0. The summed E-state index contributed by atoms with van der Waals surface area (Å²) in [6.45, 7) is 1.78. The Bertz CT molecular complexity index is 680. The number of sulfone groups is 1. The average Bonchev–Trinajstić information content (AvgIpc) is 3.19. The quantitative estimate of drug-likeness (QED) is 0.748. The van der Waals surface area contributed by atoms with E-state index in [0.717, 1.165) is 18.4 Å². The van der Waals surface area contributed by atoms with Gasteiger partial charge in [0.2, 0.25) is 5.91 Å². The van der Waals surface area contributed by atoms with Crippen LogP contribution in [0.1, 0.15) is 25.3 Å². The van der Waals surface area contributed by atoms with Crippen molar-refractivity contribution in [1.82, 2.24) is 4.90 Å². The molecule has 0 bridgehead atoms. The van der Waals surface area contributed by atoms with E-state index in [2.05, 4.69) is 0 Å². The Labute approximate surface area is 136 Å². The minimum atomic E-state index is -3.12. The zero-order valence-electron chi connectivity index (χ0n) is 12.7. The summed E-state index contributed by atoms with van der Waals surface area (Å²) in [4.78, 5) is 14.1. The molecule has 0 heterocycles. The largest absolute Gasteiger partial charge is 0.332 e. The molecule has 0 aromatic heterocycles. The van der Waals surface area contributed by atoms with Gasteiger partial charge in [0.25, 0.3) is 0 Å². The third kappa shape index (κ3) is 5.14. The van der Waals surface area contributed by atoms with E-state index >= 15 is 0 Å². The molecule has 1 aliphatic rings. The smallest absolute Gasteiger partial charge is 0.247 e. The van der Waals surface area contributed by atoms with Crippen LogP contribution in [-0.2, 0) is 14.6 Å². The molecule has 0 aliphatic heterocycles.